The van der Waals surface area contributed by atoms with Gasteiger partial charge in [-0.25, -0.2) is 0 Å². The van der Waals surface area contributed by atoms with Crippen molar-refractivity contribution in [2.75, 3.05) is 26.2 Å². The lowest BCUT2D eigenvalue weighted by atomic mass is 10.0. The van der Waals surface area contributed by atoms with Gasteiger partial charge in [-0.1, -0.05) is 5.11 Å². The highest BCUT2D eigenvalue weighted by Crippen LogP contribution is 2.32. The maximum absolute atomic E-state index is 8.69. The molecule has 0 saturated carbocycles. The Bertz CT molecular complexity index is 516. The SMILES string of the molecule is Cc1c(S)cc(CN2CCNCC2)c(C)c1N=[N+]=[N-]. The molecule has 1 aromatic rings. The molecule has 1 fully saturated rings. The molecule has 0 spiro atoms. The Labute approximate surface area is 119 Å². The Morgan fingerprint density at radius 3 is 2.68 bits per heavy atom. The van der Waals surface area contributed by atoms with Crippen LogP contribution in [0.15, 0.2) is 16.1 Å². The van der Waals surface area contributed by atoms with Crippen LogP contribution >= 0.6 is 12.6 Å². The first-order valence-corrected chi connectivity index (χ1v) is 6.88. The van der Waals surface area contributed by atoms with Crippen molar-refractivity contribution in [3.8, 4) is 0 Å². The highest BCUT2D eigenvalue weighted by Gasteiger charge is 2.14. The zero-order valence-corrected chi connectivity index (χ0v) is 12.2. The van der Waals surface area contributed by atoms with Crippen LogP contribution in [0.25, 0.3) is 10.4 Å². The highest BCUT2D eigenvalue weighted by molar-refractivity contribution is 7.80. The summed E-state index contributed by atoms with van der Waals surface area (Å²) in [6.07, 6.45) is 0. The molecule has 1 aromatic carbocycles. The van der Waals surface area contributed by atoms with Crippen molar-refractivity contribution in [1.82, 2.24) is 10.2 Å². The molecular formula is C13H19N5S. The van der Waals surface area contributed by atoms with Gasteiger partial charge in [-0.15, -0.1) is 12.6 Å². The third-order valence-corrected chi connectivity index (χ3v) is 4.10. The zero-order chi connectivity index (χ0) is 13.8. The summed E-state index contributed by atoms with van der Waals surface area (Å²) in [4.78, 5) is 6.22. The maximum atomic E-state index is 8.69. The number of thiol groups is 1. The molecule has 19 heavy (non-hydrogen) atoms. The molecule has 0 atom stereocenters. The van der Waals surface area contributed by atoms with E-state index in [1.807, 2.05) is 13.8 Å². The summed E-state index contributed by atoms with van der Waals surface area (Å²) in [7, 11) is 0. The van der Waals surface area contributed by atoms with E-state index in [2.05, 4.69) is 38.9 Å². The molecule has 1 heterocycles. The number of hydrogen-bond acceptors (Lipinski definition) is 4. The van der Waals surface area contributed by atoms with Gasteiger partial charge in [0.1, 0.15) is 0 Å². The molecule has 0 amide bonds. The topological polar surface area (TPSA) is 64.0 Å². The van der Waals surface area contributed by atoms with Crippen molar-refractivity contribution in [1.29, 1.82) is 0 Å². The van der Waals surface area contributed by atoms with Gasteiger partial charge >= 0.3 is 0 Å². The van der Waals surface area contributed by atoms with E-state index >= 15 is 0 Å². The van der Waals surface area contributed by atoms with Gasteiger partial charge in [0, 0.05) is 48.2 Å². The average Bonchev–Trinajstić information content (AvgIpc) is 2.42. The fourth-order valence-electron chi connectivity index (χ4n) is 2.41. The largest absolute Gasteiger partial charge is 0.314 e. The van der Waals surface area contributed by atoms with E-state index in [-0.39, 0.29) is 0 Å². The van der Waals surface area contributed by atoms with Gasteiger partial charge < -0.3 is 5.32 Å². The molecule has 0 aliphatic carbocycles. The summed E-state index contributed by atoms with van der Waals surface area (Å²) < 4.78 is 0. The Hall–Kier alpha value is -1.20. The number of rotatable bonds is 3. The molecule has 0 radical (unpaired) electrons. The summed E-state index contributed by atoms with van der Waals surface area (Å²) in [6.45, 7) is 8.99. The third-order valence-electron chi connectivity index (χ3n) is 3.64. The van der Waals surface area contributed by atoms with Crippen LogP contribution in [0.5, 0.6) is 0 Å². The summed E-state index contributed by atoms with van der Waals surface area (Å²) in [6, 6.07) is 2.09. The van der Waals surface area contributed by atoms with Gasteiger partial charge in [0.05, 0.1) is 0 Å². The number of piperazine rings is 1. The van der Waals surface area contributed by atoms with Crippen molar-refractivity contribution in [3.63, 3.8) is 0 Å². The Kier molecular flexibility index (Phi) is 4.71. The van der Waals surface area contributed by atoms with E-state index in [9.17, 15) is 0 Å². The van der Waals surface area contributed by atoms with E-state index < -0.39 is 0 Å². The van der Waals surface area contributed by atoms with Crippen LogP contribution in [-0.4, -0.2) is 31.1 Å². The second kappa shape index (κ2) is 6.30. The van der Waals surface area contributed by atoms with E-state index in [0.29, 0.717) is 0 Å². The van der Waals surface area contributed by atoms with Crippen LogP contribution in [0.4, 0.5) is 5.69 Å². The van der Waals surface area contributed by atoms with Crippen LogP contribution in [0, 0.1) is 13.8 Å². The van der Waals surface area contributed by atoms with Gasteiger partial charge in [-0.3, -0.25) is 4.90 Å². The maximum Gasteiger partial charge on any atom is 0.0448 e. The fraction of sp³-hybridized carbons (Fsp3) is 0.538. The Balaban J connectivity index is 2.32. The van der Waals surface area contributed by atoms with Crippen LogP contribution in [-0.2, 0) is 6.54 Å². The number of hydrogen-bond donors (Lipinski definition) is 2. The van der Waals surface area contributed by atoms with E-state index in [4.69, 9.17) is 5.53 Å². The van der Waals surface area contributed by atoms with E-state index in [1.54, 1.807) is 0 Å². The standard InChI is InChI=1S/C13H19N5S/c1-9-11(8-18-5-3-15-4-6-18)7-12(19)10(2)13(9)16-17-14/h7,15,19H,3-6,8H2,1-2H3. The third kappa shape index (κ3) is 3.22. The van der Waals surface area contributed by atoms with E-state index in [1.165, 1.54) is 5.56 Å². The number of nitrogens with zero attached hydrogens (tertiary/aromatic N) is 4. The smallest absolute Gasteiger partial charge is 0.0448 e. The Morgan fingerprint density at radius 2 is 2.05 bits per heavy atom. The summed E-state index contributed by atoms with van der Waals surface area (Å²) in [5.41, 5.74) is 12.6. The summed E-state index contributed by atoms with van der Waals surface area (Å²) in [5, 5.41) is 7.17. The molecule has 1 N–H and O–H groups in total. The van der Waals surface area contributed by atoms with Gasteiger partial charge in [0.2, 0.25) is 0 Å². The normalized spacial score (nSPS) is 16.2. The first kappa shape index (κ1) is 14.2. The molecule has 1 saturated heterocycles. The highest BCUT2D eigenvalue weighted by atomic mass is 32.1. The monoisotopic (exact) mass is 277 g/mol. The van der Waals surface area contributed by atoms with Crippen LogP contribution < -0.4 is 5.32 Å². The quantitative estimate of drug-likeness (QED) is 0.386. The average molecular weight is 277 g/mol. The van der Waals surface area contributed by atoms with Gasteiger partial charge in [0.15, 0.2) is 0 Å². The van der Waals surface area contributed by atoms with E-state index in [0.717, 1.165) is 54.4 Å². The lowest BCUT2D eigenvalue weighted by molar-refractivity contribution is 0.232. The molecule has 1 aliphatic rings. The molecule has 5 nitrogen and oxygen atoms in total. The number of benzene rings is 1. The lowest BCUT2D eigenvalue weighted by Crippen LogP contribution is -2.43. The summed E-state index contributed by atoms with van der Waals surface area (Å²) in [5.74, 6) is 0. The molecule has 0 unspecified atom stereocenters. The van der Waals surface area contributed by atoms with Crippen LogP contribution in [0.3, 0.4) is 0 Å². The molecule has 6 heteroatoms. The van der Waals surface area contributed by atoms with Crippen molar-refractivity contribution < 1.29 is 0 Å². The summed E-state index contributed by atoms with van der Waals surface area (Å²) >= 11 is 4.48. The molecular weight excluding hydrogens is 258 g/mol. The van der Waals surface area contributed by atoms with Crippen LogP contribution in [0.1, 0.15) is 16.7 Å². The molecule has 2 rings (SSSR count). The van der Waals surface area contributed by atoms with Crippen LogP contribution in [0.2, 0.25) is 0 Å². The molecule has 1 aliphatic heterocycles. The fourth-order valence-corrected chi connectivity index (χ4v) is 2.67. The predicted molar refractivity (Wildman–Crippen MR) is 80.1 cm³/mol. The van der Waals surface area contributed by atoms with Crippen molar-refractivity contribution in [3.05, 3.63) is 33.2 Å². The first-order chi connectivity index (χ1) is 9.13. The second-order valence-corrected chi connectivity index (χ2v) is 5.35. The molecule has 0 aromatic heterocycles. The van der Waals surface area contributed by atoms with Crippen molar-refractivity contribution in [2.45, 2.75) is 25.3 Å². The predicted octanol–water partition coefficient (Wildman–Crippen LogP) is 2.94. The Morgan fingerprint density at radius 1 is 1.37 bits per heavy atom. The van der Waals surface area contributed by atoms with Crippen molar-refractivity contribution in [2.24, 2.45) is 5.11 Å². The number of azide groups is 1. The minimum Gasteiger partial charge on any atom is -0.314 e. The van der Waals surface area contributed by atoms with Gasteiger partial charge in [-0.05, 0) is 42.1 Å². The lowest BCUT2D eigenvalue weighted by Gasteiger charge is -2.28. The molecule has 102 valence electrons. The first-order valence-electron chi connectivity index (χ1n) is 6.43. The number of nitrogens with one attached hydrogen (secondary N) is 1. The minimum absolute atomic E-state index is 0.722. The zero-order valence-electron chi connectivity index (χ0n) is 11.3. The second-order valence-electron chi connectivity index (χ2n) is 4.87. The molecule has 0 bridgehead atoms. The van der Waals surface area contributed by atoms with Crippen molar-refractivity contribution >= 4 is 18.3 Å². The van der Waals surface area contributed by atoms with Gasteiger partial charge in [-0.2, -0.15) is 0 Å². The minimum atomic E-state index is 0.722. The van der Waals surface area contributed by atoms with Gasteiger partial charge in [0.25, 0.3) is 0 Å².